The van der Waals surface area contributed by atoms with Gasteiger partial charge in [0.25, 0.3) is 0 Å². The smallest absolute Gasteiger partial charge is 0.225 e. The number of halogens is 1. The number of nitrogens with one attached hydrogen (secondary N) is 1. The van der Waals surface area contributed by atoms with Crippen molar-refractivity contribution in [3.05, 3.63) is 34.9 Å². The molecule has 1 aromatic rings. The second-order valence-electron chi connectivity index (χ2n) is 4.29. The van der Waals surface area contributed by atoms with Gasteiger partial charge in [-0.2, -0.15) is 0 Å². The third-order valence-corrected chi connectivity index (χ3v) is 3.13. The molecule has 1 amide bonds. The van der Waals surface area contributed by atoms with E-state index >= 15 is 0 Å². The van der Waals surface area contributed by atoms with Crippen molar-refractivity contribution in [2.75, 3.05) is 0 Å². The van der Waals surface area contributed by atoms with Crippen LogP contribution >= 0.6 is 11.6 Å². The Kier molecular flexibility index (Phi) is 3.79. The standard InChI is InChI=1S/C13H14ClNO2/c14-10-4-1-3-9(7-10)8-13(17)15-11-5-2-6-12(11)16/h1,3-4,7,11H,2,5-6,8H2,(H,15,17)/t11-/m1/s1. The minimum absolute atomic E-state index is 0.118. The van der Waals surface area contributed by atoms with Gasteiger partial charge in [0.1, 0.15) is 0 Å². The predicted molar refractivity (Wildman–Crippen MR) is 65.9 cm³/mol. The predicted octanol–water partition coefficient (Wildman–Crippen LogP) is 2.12. The van der Waals surface area contributed by atoms with Crippen LogP contribution in [-0.2, 0) is 16.0 Å². The van der Waals surface area contributed by atoms with Gasteiger partial charge in [-0.05, 0) is 30.5 Å². The molecule has 0 aromatic heterocycles. The van der Waals surface area contributed by atoms with Gasteiger partial charge in [0.15, 0.2) is 5.78 Å². The van der Waals surface area contributed by atoms with E-state index in [-0.39, 0.29) is 24.2 Å². The molecule has 0 bridgehead atoms. The molecule has 2 rings (SSSR count). The Bertz CT molecular complexity index is 445. The van der Waals surface area contributed by atoms with E-state index in [1.54, 1.807) is 12.1 Å². The molecule has 17 heavy (non-hydrogen) atoms. The fraction of sp³-hybridized carbons (Fsp3) is 0.385. The van der Waals surface area contributed by atoms with E-state index in [0.29, 0.717) is 11.4 Å². The Morgan fingerprint density at radius 3 is 2.94 bits per heavy atom. The average molecular weight is 252 g/mol. The van der Waals surface area contributed by atoms with Crippen LogP contribution in [0.4, 0.5) is 0 Å². The van der Waals surface area contributed by atoms with Gasteiger partial charge in [-0.3, -0.25) is 9.59 Å². The zero-order chi connectivity index (χ0) is 12.3. The zero-order valence-corrected chi connectivity index (χ0v) is 10.2. The first-order valence-corrected chi connectivity index (χ1v) is 6.09. The monoisotopic (exact) mass is 251 g/mol. The fourth-order valence-electron chi connectivity index (χ4n) is 2.05. The highest BCUT2D eigenvalue weighted by molar-refractivity contribution is 6.30. The SMILES string of the molecule is O=C(Cc1cccc(Cl)c1)N[C@@H]1CCCC1=O. The lowest BCUT2D eigenvalue weighted by Gasteiger charge is -2.10. The van der Waals surface area contributed by atoms with Crippen molar-refractivity contribution in [2.45, 2.75) is 31.7 Å². The van der Waals surface area contributed by atoms with Crippen molar-refractivity contribution in [2.24, 2.45) is 0 Å². The van der Waals surface area contributed by atoms with Crippen LogP contribution in [0.25, 0.3) is 0 Å². The molecule has 1 fully saturated rings. The van der Waals surface area contributed by atoms with Gasteiger partial charge in [-0.15, -0.1) is 0 Å². The summed E-state index contributed by atoms with van der Waals surface area (Å²) < 4.78 is 0. The van der Waals surface area contributed by atoms with Crippen molar-refractivity contribution in [1.29, 1.82) is 0 Å². The van der Waals surface area contributed by atoms with E-state index < -0.39 is 0 Å². The molecule has 0 heterocycles. The second kappa shape index (κ2) is 5.32. The van der Waals surface area contributed by atoms with Crippen molar-refractivity contribution in [3.63, 3.8) is 0 Å². The molecule has 1 saturated carbocycles. The summed E-state index contributed by atoms with van der Waals surface area (Å²) in [6.07, 6.45) is 2.49. The highest BCUT2D eigenvalue weighted by atomic mass is 35.5. The maximum absolute atomic E-state index is 11.7. The second-order valence-corrected chi connectivity index (χ2v) is 4.72. The fourth-order valence-corrected chi connectivity index (χ4v) is 2.26. The number of Topliss-reactive ketones (excluding diaryl/α,β-unsaturated/α-hetero) is 1. The van der Waals surface area contributed by atoms with Crippen LogP contribution in [0.5, 0.6) is 0 Å². The van der Waals surface area contributed by atoms with E-state index in [1.165, 1.54) is 0 Å². The first-order valence-electron chi connectivity index (χ1n) is 5.71. The highest BCUT2D eigenvalue weighted by Crippen LogP contribution is 2.15. The first-order chi connectivity index (χ1) is 8.15. The lowest BCUT2D eigenvalue weighted by molar-refractivity contribution is -0.126. The van der Waals surface area contributed by atoms with E-state index in [0.717, 1.165) is 18.4 Å². The Labute approximate surface area is 105 Å². The van der Waals surface area contributed by atoms with E-state index in [4.69, 9.17) is 11.6 Å². The zero-order valence-electron chi connectivity index (χ0n) is 9.41. The molecule has 1 N–H and O–H groups in total. The topological polar surface area (TPSA) is 46.2 Å². The van der Waals surface area contributed by atoms with Crippen LogP contribution in [0, 0.1) is 0 Å². The number of benzene rings is 1. The minimum Gasteiger partial charge on any atom is -0.346 e. The number of amides is 1. The summed E-state index contributed by atoms with van der Waals surface area (Å²) >= 11 is 5.84. The van der Waals surface area contributed by atoms with Gasteiger partial charge in [-0.1, -0.05) is 23.7 Å². The van der Waals surface area contributed by atoms with Crippen LogP contribution in [0.2, 0.25) is 5.02 Å². The van der Waals surface area contributed by atoms with Gasteiger partial charge in [0.2, 0.25) is 5.91 Å². The summed E-state index contributed by atoms with van der Waals surface area (Å²) in [5, 5.41) is 3.38. The number of hydrogen-bond acceptors (Lipinski definition) is 2. The quantitative estimate of drug-likeness (QED) is 0.895. The van der Waals surface area contributed by atoms with E-state index in [1.807, 2.05) is 12.1 Å². The van der Waals surface area contributed by atoms with Gasteiger partial charge >= 0.3 is 0 Å². The molecule has 4 heteroatoms. The Balaban J connectivity index is 1.91. The van der Waals surface area contributed by atoms with E-state index in [2.05, 4.69) is 5.32 Å². The van der Waals surface area contributed by atoms with E-state index in [9.17, 15) is 9.59 Å². The maximum Gasteiger partial charge on any atom is 0.225 e. The molecule has 0 radical (unpaired) electrons. The lowest BCUT2D eigenvalue weighted by Crippen LogP contribution is -2.38. The Morgan fingerprint density at radius 2 is 2.29 bits per heavy atom. The molecule has 0 spiro atoms. The van der Waals surface area contributed by atoms with Crippen LogP contribution in [0.3, 0.4) is 0 Å². The molecule has 3 nitrogen and oxygen atoms in total. The molecule has 1 aliphatic carbocycles. The summed E-state index contributed by atoms with van der Waals surface area (Å²) in [5.74, 6) is 0.0250. The van der Waals surface area contributed by atoms with Crippen molar-refractivity contribution in [3.8, 4) is 0 Å². The molecule has 1 atom stereocenters. The van der Waals surface area contributed by atoms with Gasteiger partial charge in [0.05, 0.1) is 12.5 Å². The third-order valence-electron chi connectivity index (χ3n) is 2.89. The number of hydrogen-bond donors (Lipinski definition) is 1. The van der Waals surface area contributed by atoms with Crippen molar-refractivity contribution in [1.82, 2.24) is 5.32 Å². The van der Waals surface area contributed by atoms with Crippen LogP contribution in [-0.4, -0.2) is 17.7 Å². The summed E-state index contributed by atoms with van der Waals surface area (Å²) in [7, 11) is 0. The number of rotatable bonds is 3. The molecule has 0 saturated heterocycles. The first kappa shape index (κ1) is 12.1. The summed E-state index contributed by atoms with van der Waals surface area (Å²) in [6.45, 7) is 0. The lowest BCUT2D eigenvalue weighted by atomic mass is 10.1. The maximum atomic E-state index is 11.7. The number of carbonyl (C=O) groups excluding carboxylic acids is 2. The Hall–Kier alpha value is -1.35. The van der Waals surface area contributed by atoms with Crippen LogP contribution in [0.15, 0.2) is 24.3 Å². The Morgan fingerprint density at radius 1 is 1.47 bits per heavy atom. The molecule has 0 aliphatic heterocycles. The van der Waals surface area contributed by atoms with Crippen molar-refractivity contribution < 1.29 is 9.59 Å². The summed E-state index contributed by atoms with van der Waals surface area (Å²) in [5.41, 5.74) is 0.862. The molecule has 1 aromatic carbocycles. The summed E-state index contributed by atoms with van der Waals surface area (Å²) in [6, 6.07) is 6.91. The van der Waals surface area contributed by atoms with Gasteiger partial charge < -0.3 is 5.32 Å². The normalized spacial score (nSPS) is 19.4. The molecular formula is C13H14ClNO2. The summed E-state index contributed by atoms with van der Waals surface area (Å²) in [4.78, 5) is 23.1. The van der Waals surface area contributed by atoms with Crippen LogP contribution in [0.1, 0.15) is 24.8 Å². The molecule has 0 unspecified atom stereocenters. The number of carbonyl (C=O) groups is 2. The van der Waals surface area contributed by atoms with Crippen LogP contribution < -0.4 is 5.32 Å². The van der Waals surface area contributed by atoms with Gasteiger partial charge in [-0.25, -0.2) is 0 Å². The minimum atomic E-state index is -0.276. The third kappa shape index (κ3) is 3.30. The molecule has 1 aliphatic rings. The number of ketones is 1. The largest absolute Gasteiger partial charge is 0.346 e. The molecular weight excluding hydrogens is 238 g/mol. The van der Waals surface area contributed by atoms with Gasteiger partial charge in [0, 0.05) is 11.4 Å². The van der Waals surface area contributed by atoms with Crippen molar-refractivity contribution >= 4 is 23.3 Å². The molecule has 90 valence electrons. The highest BCUT2D eigenvalue weighted by Gasteiger charge is 2.25. The average Bonchev–Trinajstić information content (AvgIpc) is 2.64.